The Balaban J connectivity index is 2.63. The largest absolute Gasteiger partial charge is 0.481 e. The number of para-hydroxylation sites is 1. The van der Waals surface area contributed by atoms with Crippen LogP contribution in [-0.2, 0) is 14.3 Å². The number of hydrogen-bond acceptors (Lipinski definition) is 4. The second kappa shape index (κ2) is 7.61. The van der Waals surface area contributed by atoms with Crippen LogP contribution in [0.5, 0.6) is 5.75 Å². The average molecular weight is 297 g/mol. The summed E-state index contributed by atoms with van der Waals surface area (Å²) in [7, 11) is 1.26. The lowest BCUT2D eigenvalue weighted by Crippen LogP contribution is -2.53. The van der Waals surface area contributed by atoms with E-state index in [9.17, 15) is 14.0 Å². The van der Waals surface area contributed by atoms with Gasteiger partial charge in [-0.2, -0.15) is 0 Å². The molecule has 1 N–H and O–H groups in total. The molecule has 0 spiro atoms. The number of nitrogens with one attached hydrogen (secondary N) is 1. The lowest BCUT2D eigenvalue weighted by atomic mass is 9.96. The molecule has 1 amide bonds. The summed E-state index contributed by atoms with van der Waals surface area (Å²) < 4.78 is 23.1. The lowest BCUT2D eigenvalue weighted by Gasteiger charge is -2.27. The van der Waals surface area contributed by atoms with Gasteiger partial charge in [0, 0.05) is 0 Å². The number of carbonyl (C=O) groups is 2. The minimum atomic E-state index is -1.11. The molecule has 0 bridgehead atoms. The van der Waals surface area contributed by atoms with Gasteiger partial charge < -0.3 is 14.8 Å². The topological polar surface area (TPSA) is 64.6 Å². The summed E-state index contributed by atoms with van der Waals surface area (Å²) in [5, 5.41) is 2.57. The van der Waals surface area contributed by atoms with E-state index in [0.717, 1.165) is 0 Å². The first-order valence-corrected chi connectivity index (χ1v) is 6.69. The first kappa shape index (κ1) is 16.9. The van der Waals surface area contributed by atoms with E-state index in [0.29, 0.717) is 12.8 Å². The molecule has 0 fully saturated rings. The van der Waals surface area contributed by atoms with Crippen LogP contribution in [0.2, 0.25) is 0 Å². The Kier molecular flexibility index (Phi) is 6.14. The minimum absolute atomic E-state index is 0.0112. The zero-order chi connectivity index (χ0) is 15.9. The molecule has 116 valence electrons. The van der Waals surface area contributed by atoms with Crippen LogP contribution in [0.3, 0.4) is 0 Å². The van der Waals surface area contributed by atoms with Crippen molar-refractivity contribution >= 4 is 11.9 Å². The Labute approximate surface area is 123 Å². The fourth-order valence-electron chi connectivity index (χ4n) is 1.99. The number of rotatable bonds is 7. The molecule has 0 aliphatic rings. The zero-order valence-corrected chi connectivity index (χ0v) is 12.4. The van der Waals surface area contributed by atoms with Crippen molar-refractivity contribution < 1.29 is 23.5 Å². The summed E-state index contributed by atoms with van der Waals surface area (Å²) in [6.07, 6.45) is 1.13. The van der Waals surface area contributed by atoms with Gasteiger partial charge in [-0.15, -0.1) is 0 Å². The van der Waals surface area contributed by atoms with Gasteiger partial charge in [-0.25, -0.2) is 9.18 Å². The van der Waals surface area contributed by atoms with Gasteiger partial charge in [0.1, 0.15) is 5.54 Å². The molecule has 1 aromatic carbocycles. The molecule has 0 aliphatic carbocycles. The van der Waals surface area contributed by atoms with E-state index in [1.165, 1.54) is 25.3 Å². The predicted octanol–water partition coefficient (Wildman–Crippen LogP) is 2.05. The summed E-state index contributed by atoms with van der Waals surface area (Å²) in [5.74, 6) is -1.60. The number of amides is 1. The molecule has 5 nitrogen and oxygen atoms in total. The number of esters is 1. The molecule has 6 heteroatoms. The van der Waals surface area contributed by atoms with Crippen LogP contribution in [0.4, 0.5) is 4.39 Å². The molecule has 1 unspecified atom stereocenters. The Morgan fingerprint density at radius 2 is 2.00 bits per heavy atom. The number of hydrogen-bond donors (Lipinski definition) is 1. The highest BCUT2D eigenvalue weighted by Gasteiger charge is 2.35. The number of ether oxygens (including phenoxy) is 2. The van der Waals surface area contributed by atoms with Crippen LogP contribution in [0.25, 0.3) is 0 Å². The molecular formula is C15H20FNO4. The zero-order valence-electron chi connectivity index (χ0n) is 12.4. The molecular weight excluding hydrogens is 277 g/mol. The van der Waals surface area contributed by atoms with Gasteiger partial charge >= 0.3 is 5.97 Å². The SMILES string of the molecule is CCCC(C)(NC(=O)COc1ccccc1F)C(=O)OC. The van der Waals surface area contributed by atoms with Crippen LogP contribution < -0.4 is 10.1 Å². The third-order valence-corrected chi connectivity index (χ3v) is 3.00. The molecule has 1 atom stereocenters. The van der Waals surface area contributed by atoms with Gasteiger partial charge in [-0.05, 0) is 25.5 Å². The minimum Gasteiger partial charge on any atom is -0.481 e. The van der Waals surface area contributed by atoms with Crippen LogP contribution >= 0.6 is 0 Å². The second-order valence-corrected chi connectivity index (χ2v) is 4.84. The molecule has 0 heterocycles. The summed E-state index contributed by atoms with van der Waals surface area (Å²) in [6.45, 7) is 3.10. The van der Waals surface area contributed by atoms with E-state index < -0.39 is 23.2 Å². The lowest BCUT2D eigenvalue weighted by molar-refractivity contribution is -0.150. The first-order valence-electron chi connectivity index (χ1n) is 6.69. The molecule has 1 rings (SSSR count). The molecule has 0 radical (unpaired) electrons. The van der Waals surface area contributed by atoms with E-state index in [-0.39, 0.29) is 12.4 Å². The van der Waals surface area contributed by atoms with Crippen molar-refractivity contribution in [3.63, 3.8) is 0 Å². The molecule has 21 heavy (non-hydrogen) atoms. The molecule has 0 aliphatic heterocycles. The second-order valence-electron chi connectivity index (χ2n) is 4.84. The van der Waals surface area contributed by atoms with E-state index >= 15 is 0 Å². The van der Waals surface area contributed by atoms with Gasteiger partial charge in [0.05, 0.1) is 7.11 Å². The number of carbonyl (C=O) groups excluding carboxylic acids is 2. The molecule has 0 aromatic heterocycles. The summed E-state index contributed by atoms with van der Waals surface area (Å²) in [4.78, 5) is 23.6. The molecule has 0 saturated heterocycles. The standard InChI is InChI=1S/C15H20FNO4/c1-4-9-15(2,14(19)20-3)17-13(18)10-21-12-8-6-5-7-11(12)16/h5-8H,4,9-10H2,1-3H3,(H,17,18). The Bertz CT molecular complexity index is 506. The van der Waals surface area contributed by atoms with Gasteiger partial charge in [-0.3, -0.25) is 4.79 Å². The van der Waals surface area contributed by atoms with E-state index in [4.69, 9.17) is 9.47 Å². The quantitative estimate of drug-likeness (QED) is 0.782. The predicted molar refractivity (Wildman–Crippen MR) is 75.4 cm³/mol. The number of methoxy groups -OCH3 is 1. The van der Waals surface area contributed by atoms with Crippen LogP contribution in [0.15, 0.2) is 24.3 Å². The molecule has 0 saturated carbocycles. The highest BCUT2D eigenvalue weighted by molar-refractivity contribution is 5.88. The smallest absolute Gasteiger partial charge is 0.331 e. The summed E-state index contributed by atoms with van der Waals surface area (Å²) in [5.41, 5.74) is -1.11. The van der Waals surface area contributed by atoms with Gasteiger partial charge in [0.25, 0.3) is 5.91 Å². The van der Waals surface area contributed by atoms with Crippen molar-refractivity contribution in [3.8, 4) is 5.75 Å². The third kappa shape index (κ3) is 4.73. The normalized spacial score (nSPS) is 13.1. The fourth-order valence-corrected chi connectivity index (χ4v) is 1.99. The van der Waals surface area contributed by atoms with Crippen molar-refractivity contribution in [2.24, 2.45) is 0 Å². The Morgan fingerprint density at radius 3 is 2.57 bits per heavy atom. The van der Waals surface area contributed by atoms with Crippen molar-refractivity contribution in [3.05, 3.63) is 30.1 Å². The van der Waals surface area contributed by atoms with Gasteiger partial charge in [-0.1, -0.05) is 25.5 Å². The summed E-state index contributed by atoms with van der Waals surface area (Å²) in [6, 6.07) is 5.79. The van der Waals surface area contributed by atoms with Gasteiger partial charge in [0.15, 0.2) is 18.2 Å². The maximum absolute atomic E-state index is 13.4. The third-order valence-electron chi connectivity index (χ3n) is 3.00. The monoisotopic (exact) mass is 297 g/mol. The van der Waals surface area contributed by atoms with Crippen molar-refractivity contribution in [2.45, 2.75) is 32.2 Å². The van der Waals surface area contributed by atoms with Crippen LogP contribution in [0, 0.1) is 5.82 Å². The fraction of sp³-hybridized carbons (Fsp3) is 0.467. The summed E-state index contributed by atoms with van der Waals surface area (Å²) >= 11 is 0. The maximum atomic E-state index is 13.4. The number of benzene rings is 1. The van der Waals surface area contributed by atoms with Crippen LogP contribution in [-0.4, -0.2) is 31.1 Å². The maximum Gasteiger partial charge on any atom is 0.331 e. The first-order chi connectivity index (χ1) is 9.92. The Hall–Kier alpha value is -2.11. The van der Waals surface area contributed by atoms with Crippen LogP contribution in [0.1, 0.15) is 26.7 Å². The average Bonchev–Trinajstić information content (AvgIpc) is 2.45. The van der Waals surface area contributed by atoms with Crippen molar-refractivity contribution in [1.82, 2.24) is 5.32 Å². The Morgan fingerprint density at radius 1 is 1.33 bits per heavy atom. The highest BCUT2D eigenvalue weighted by atomic mass is 19.1. The highest BCUT2D eigenvalue weighted by Crippen LogP contribution is 2.16. The number of halogens is 1. The van der Waals surface area contributed by atoms with E-state index in [1.807, 2.05) is 6.92 Å². The molecule has 1 aromatic rings. The van der Waals surface area contributed by atoms with Crippen molar-refractivity contribution in [1.29, 1.82) is 0 Å². The van der Waals surface area contributed by atoms with E-state index in [2.05, 4.69) is 5.32 Å². The van der Waals surface area contributed by atoms with E-state index in [1.54, 1.807) is 13.0 Å². The van der Waals surface area contributed by atoms with Gasteiger partial charge in [0.2, 0.25) is 0 Å². The van der Waals surface area contributed by atoms with Crippen molar-refractivity contribution in [2.75, 3.05) is 13.7 Å².